The average molecular weight is 369 g/mol. The van der Waals surface area contributed by atoms with E-state index in [9.17, 15) is 9.59 Å². The van der Waals surface area contributed by atoms with Crippen LogP contribution in [0.2, 0.25) is 0 Å². The van der Waals surface area contributed by atoms with Crippen molar-refractivity contribution in [3.8, 4) is 11.5 Å². The Morgan fingerprint density at radius 3 is 2.77 bits per heavy atom. The number of anilines is 1. The van der Waals surface area contributed by atoms with Crippen LogP contribution in [0, 0.1) is 0 Å². The minimum absolute atomic E-state index is 0.0332. The van der Waals surface area contributed by atoms with Crippen molar-refractivity contribution in [3.05, 3.63) is 53.4 Å². The van der Waals surface area contributed by atoms with E-state index in [1.165, 1.54) is 6.26 Å². The number of ketones is 1. The molecule has 0 spiro atoms. The van der Waals surface area contributed by atoms with Crippen LogP contribution in [0.15, 0.2) is 47.2 Å². The summed E-state index contributed by atoms with van der Waals surface area (Å²) in [5, 5.41) is 2.88. The average Bonchev–Trinajstić information content (AvgIpc) is 3.28. The molecule has 0 atom stereocenters. The first-order valence-electron chi connectivity index (χ1n) is 8.19. The fraction of sp³-hybridized carbons (Fsp3) is 0.222. The van der Waals surface area contributed by atoms with Crippen molar-refractivity contribution in [2.45, 2.75) is 25.4 Å². The molecule has 1 fully saturated rings. The Balaban J connectivity index is 1.62. The highest BCUT2D eigenvalue weighted by atomic mass is 32.1. The van der Waals surface area contributed by atoms with Gasteiger partial charge < -0.3 is 9.15 Å². The summed E-state index contributed by atoms with van der Waals surface area (Å²) in [6, 6.07) is 8.53. The van der Waals surface area contributed by atoms with Gasteiger partial charge in [-0.05, 0) is 43.5 Å². The van der Waals surface area contributed by atoms with E-state index in [1.807, 2.05) is 0 Å². The quantitative estimate of drug-likeness (QED) is 0.680. The third-order valence-corrected chi connectivity index (χ3v) is 4.99. The van der Waals surface area contributed by atoms with Crippen molar-refractivity contribution in [1.29, 1.82) is 0 Å². The van der Waals surface area contributed by atoms with E-state index in [4.69, 9.17) is 9.15 Å². The van der Waals surface area contributed by atoms with Gasteiger partial charge in [0, 0.05) is 6.20 Å². The first-order chi connectivity index (χ1) is 12.7. The van der Waals surface area contributed by atoms with Crippen molar-refractivity contribution < 1.29 is 18.7 Å². The van der Waals surface area contributed by atoms with Crippen LogP contribution in [0.5, 0.6) is 0 Å². The van der Waals surface area contributed by atoms with Crippen molar-refractivity contribution in [3.63, 3.8) is 0 Å². The van der Waals surface area contributed by atoms with Crippen LogP contribution in [0.3, 0.4) is 0 Å². The van der Waals surface area contributed by atoms with E-state index in [2.05, 4.69) is 15.3 Å². The molecule has 1 saturated carbocycles. The molecule has 26 heavy (non-hydrogen) atoms. The SMILES string of the molecule is O=C(Nc1nc(-c2ccco2)c(C(=O)c2ccccn2)s1)OC1CCC1. The Kier molecular flexibility index (Phi) is 4.49. The smallest absolute Gasteiger partial charge is 0.413 e. The maximum atomic E-state index is 12.8. The zero-order chi connectivity index (χ0) is 17.9. The summed E-state index contributed by atoms with van der Waals surface area (Å²) < 4.78 is 10.7. The number of carbonyl (C=O) groups is 2. The number of amides is 1. The number of nitrogens with zero attached hydrogens (tertiary/aromatic N) is 2. The van der Waals surface area contributed by atoms with Crippen molar-refractivity contribution in [2.24, 2.45) is 0 Å². The second-order valence-electron chi connectivity index (χ2n) is 5.80. The van der Waals surface area contributed by atoms with Gasteiger partial charge in [-0.25, -0.2) is 9.78 Å². The Morgan fingerprint density at radius 1 is 1.23 bits per heavy atom. The fourth-order valence-electron chi connectivity index (χ4n) is 2.48. The molecule has 1 amide bonds. The van der Waals surface area contributed by atoms with Crippen LogP contribution in [0.1, 0.15) is 34.6 Å². The van der Waals surface area contributed by atoms with Gasteiger partial charge >= 0.3 is 6.09 Å². The monoisotopic (exact) mass is 369 g/mol. The zero-order valence-corrected chi connectivity index (χ0v) is 14.5. The highest BCUT2D eigenvalue weighted by Crippen LogP contribution is 2.33. The number of aromatic nitrogens is 2. The lowest BCUT2D eigenvalue weighted by atomic mass is 9.96. The molecule has 8 heteroatoms. The van der Waals surface area contributed by atoms with Gasteiger partial charge in [0.2, 0.25) is 5.78 Å². The van der Waals surface area contributed by atoms with E-state index >= 15 is 0 Å². The topological polar surface area (TPSA) is 94.3 Å². The number of hydrogen-bond donors (Lipinski definition) is 1. The molecule has 0 unspecified atom stereocenters. The lowest BCUT2D eigenvalue weighted by molar-refractivity contribution is 0.0624. The van der Waals surface area contributed by atoms with Gasteiger partial charge in [0.1, 0.15) is 22.4 Å². The van der Waals surface area contributed by atoms with E-state index in [1.54, 1.807) is 36.5 Å². The second-order valence-corrected chi connectivity index (χ2v) is 6.80. The highest BCUT2D eigenvalue weighted by Gasteiger charge is 2.26. The molecule has 7 nitrogen and oxygen atoms in total. The van der Waals surface area contributed by atoms with Gasteiger partial charge in [0.25, 0.3) is 0 Å². The summed E-state index contributed by atoms with van der Waals surface area (Å²) in [6.45, 7) is 0. The van der Waals surface area contributed by atoms with Gasteiger partial charge in [-0.3, -0.25) is 15.1 Å². The maximum Gasteiger partial charge on any atom is 0.413 e. The molecular weight excluding hydrogens is 354 g/mol. The van der Waals surface area contributed by atoms with Gasteiger partial charge in [0.15, 0.2) is 10.9 Å². The van der Waals surface area contributed by atoms with E-state index < -0.39 is 6.09 Å². The van der Waals surface area contributed by atoms with Crippen LogP contribution >= 0.6 is 11.3 Å². The first-order valence-corrected chi connectivity index (χ1v) is 9.00. The van der Waals surface area contributed by atoms with E-state index in [-0.39, 0.29) is 17.0 Å². The normalized spacial score (nSPS) is 13.8. The summed E-state index contributed by atoms with van der Waals surface area (Å²) in [6.07, 6.45) is 5.29. The molecule has 3 heterocycles. The van der Waals surface area contributed by atoms with Gasteiger partial charge in [-0.2, -0.15) is 0 Å². The van der Waals surface area contributed by atoms with Crippen molar-refractivity contribution in [2.75, 3.05) is 5.32 Å². The molecular formula is C18H15N3O4S. The molecule has 0 radical (unpaired) electrons. The van der Waals surface area contributed by atoms with E-state index in [0.29, 0.717) is 22.0 Å². The molecule has 3 aromatic rings. The number of thiazole rings is 1. The van der Waals surface area contributed by atoms with Crippen LogP contribution in [0.4, 0.5) is 9.93 Å². The number of ether oxygens (including phenoxy) is 1. The fourth-order valence-corrected chi connectivity index (χ4v) is 3.38. The number of furan rings is 1. The van der Waals surface area contributed by atoms with Crippen LogP contribution in [-0.4, -0.2) is 27.9 Å². The second kappa shape index (κ2) is 7.09. The van der Waals surface area contributed by atoms with Crippen molar-refractivity contribution in [1.82, 2.24) is 9.97 Å². The standard InChI is InChI=1S/C18H15N3O4S/c22-15(12-7-1-2-9-19-12)16-14(13-8-4-10-24-13)20-17(26-16)21-18(23)25-11-5-3-6-11/h1-2,4,7-11H,3,5-6H2,(H,20,21,23). The van der Waals surface area contributed by atoms with Crippen LogP contribution in [-0.2, 0) is 4.74 Å². The Bertz CT molecular complexity index is 917. The largest absolute Gasteiger partial charge is 0.463 e. The summed E-state index contributed by atoms with van der Waals surface area (Å²) >= 11 is 1.07. The van der Waals surface area contributed by atoms with Crippen molar-refractivity contribution >= 4 is 28.3 Å². The van der Waals surface area contributed by atoms with Gasteiger partial charge in [-0.1, -0.05) is 17.4 Å². The Hall–Kier alpha value is -3.00. The summed E-state index contributed by atoms with van der Waals surface area (Å²) in [5.74, 6) is 0.163. The molecule has 1 N–H and O–H groups in total. The molecule has 4 rings (SSSR count). The van der Waals surface area contributed by atoms with Crippen LogP contribution in [0.25, 0.3) is 11.5 Å². The predicted octanol–water partition coefficient (Wildman–Crippen LogP) is 4.13. The summed E-state index contributed by atoms with van der Waals surface area (Å²) in [7, 11) is 0. The minimum Gasteiger partial charge on any atom is -0.463 e. The lowest BCUT2D eigenvalue weighted by Gasteiger charge is -2.24. The Morgan fingerprint density at radius 2 is 2.12 bits per heavy atom. The van der Waals surface area contributed by atoms with E-state index in [0.717, 1.165) is 30.6 Å². The number of hydrogen-bond acceptors (Lipinski definition) is 7. The first kappa shape index (κ1) is 16.5. The van der Waals surface area contributed by atoms with Gasteiger partial charge in [0.05, 0.1) is 6.26 Å². The lowest BCUT2D eigenvalue weighted by Crippen LogP contribution is -2.27. The number of nitrogens with one attached hydrogen (secondary N) is 1. The zero-order valence-electron chi connectivity index (χ0n) is 13.7. The molecule has 132 valence electrons. The highest BCUT2D eigenvalue weighted by molar-refractivity contribution is 7.18. The number of carbonyl (C=O) groups excluding carboxylic acids is 2. The number of pyridine rings is 1. The maximum absolute atomic E-state index is 12.8. The van der Waals surface area contributed by atoms with Gasteiger partial charge in [-0.15, -0.1) is 0 Å². The molecule has 0 bridgehead atoms. The molecule has 1 aliphatic rings. The van der Waals surface area contributed by atoms with Crippen LogP contribution < -0.4 is 5.32 Å². The predicted molar refractivity (Wildman–Crippen MR) is 95.2 cm³/mol. The molecule has 0 aromatic carbocycles. The molecule has 3 aromatic heterocycles. The molecule has 0 saturated heterocycles. The molecule has 0 aliphatic heterocycles. The summed E-state index contributed by atoms with van der Waals surface area (Å²) in [5.41, 5.74) is 0.669. The third kappa shape index (κ3) is 3.36. The Labute approximate surface area is 153 Å². The minimum atomic E-state index is -0.564. The number of rotatable bonds is 5. The molecule has 1 aliphatic carbocycles. The summed E-state index contributed by atoms with van der Waals surface area (Å²) in [4.78, 5) is 33.6. The third-order valence-electron chi connectivity index (χ3n) is 4.02.